The van der Waals surface area contributed by atoms with E-state index in [4.69, 9.17) is 48.7 Å². The maximum absolute atomic E-state index is 11.6. The fourth-order valence-corrected chi connectivity index (χ4v) is 4.64. The van der Waals surface area contributed by atoms with E-state index in [2.05, 4.69) is 81.4 Å². The maximum Gasteiger partial charge on any atom is 0.508 e. The average Bonchev–Trinajstić information content (AvgIpc) is 3.07. The van der Waals surface area contributed by atoms with Gasteiger partial charge in [0.05, 0.1) is 11.8 Å². The van der Waals surface area contributed by atoms with Gasteiger partial charge in [0.2, 0.25) is 3.79 Å². The Morgan fingerprint density at radius 2 is 1.88 bits per heavy atom. The second kappa shape index (κ2) is 12.7. The van der Waals surface area contributed by atoms with E-state index in [1.165, 1.54) is 14.9 Å². The molecule has 0 fully saturated rings. The van der Waals surface area contributed by atoms with Gasteiger partial charge in [-0.2, -0.15) is 0 Å². The summed E-state index contributed by atoms with van der Waals surface area (Å²) in [6.45, 7) is 15.0. The van der Waals surface area contributed by atoms with E-state index in [1.54, 1.807) is 0 Å². The molecule has 0 amide bonds. The van der Waals surface area contributed by atoms with E-state index in [0.29, 0.717) is 5.01 Å². The molecule has 11 heteroatoms. The molecule has 1 atom stereocenters. The van der Waals surface area contributed by atoms with Gasteiger partial charge in [0.1, 0.15) is 18.2 Å². The zero-order valence-corrected chi connectivity index (χ0v) is 25.7. The highest BCUT2D eigenvalue weighted by Gasteiger charge is 2.39. The van der Waals surface area contributed by atoms with Crippen molar-refractivity contribution in [1.29, 1.82) is 0 Å². The van der Waals surface area contributed by atoms with E-state index in [1.807, 2.05) is 11.5 Å². The lowest BCUT2D eigenvalue weighted by molar-refractivity contribution is 0.0511. The number of alkyl halides is 3. The largest absolute Gasteiger partial charge is 0.508 e. The molecule has 0 N–H and O–H groups in total. The van der Waals surface area contributed by atoms with Crippen molar-refractivity contribution in [3.05, 3.63) is 31.3 Å². The summed E-state index contributed by atoms with van der Waals surface area (Å²) in [6.07, 6.45) is 4.08. The molecule has 32 heavy (non-hydrogen) atoms. The summed E-state index contributed by atoms with van der Waals surface area (Å²) in [5.41, 5.74) is 1.89. The Balaban J connectivity index is 2.87. The molecule has 182 valence electrons. The Morgan fingerprint density at radius 1 is 1.25 bits per heavy atom. The summed E-state index contributed by atoms with van der Waals surface area (Å²) in [4.78, 5) is 16.1. The predicted molar refractivity (Wildman–Crippen MR) is 147 cm³/mol. The Morgan fingerprint density at radius 3 is 2.41 bits per heavy atom. The lowest BCUT2D eigenvalue weighted by Crippen LogP contribution is -2.44. The quantitative estimate of drug-likeness (QED) is 0.115. The number of hydrogen-bond acceptors (Lipinski definition) is 6. The Bertz CT molecular complexity index is 828. The number of halogens is 4. The Labute approximate surface area is 225 Å². The van der Waals surface area contributed by atoms with Gasteiger partial charge < -0.3 is 13.9 Å². The van der Waals surface area contributed by atoms with Gasteiger partial charge in [-0.3, -0.25) is 0 Å². The van der Waals surface area contributed by atoms with Gasteiger partial charge in [0, 0.05) is 5.38 Å². The van der Waals surface area contributed by atoms with E-state index in [0.717, 1.165) is 17.7 Å². The molecule has 1 aromatic heterocycles. The second-order valence-corrected chi connectivity index (χ2v) is 18.8. The summed E-state index contributed by atoms with van der Waals surface area (Å²) in [7, 11) is -1.95. The first-order valence-corrected chi connectivity index (χ1v) is 16.0. The zero-order chi connectivity index (χ0) is 24.7. The third kappa shape index (κ3) is 11.5. The van der Waals surface area contributed by atoms with Crippen molar-refractivity contribution in [2.75, 3.05) is 6.61 Å². The minimum atomic E-state index is -1.95. The smallest absolute Gasteiger partial charge is 0.430 e. The molecular weight excluding hydrogens is 624 g/mol. The number of aromatic nitrogens is 1. The van der Waals surface area contributed by atoms with E-state index in [-0.39, 0.29) is 24.4 Å². The van der Waals surface area contributed by atoms with Crippen LogP contribution >= 0.6 is 68.7 Å². The van der Waals surface area contributed by atoms with Crippen LogP contribution in [0.2, 0.25) is 18.1 Å². The van der Waals surface area contributed by atoms with Gasteiger partial charge in [0.15, 0.2) is 8.32 Å². The van der Waals surface area contributed by atoms with Crippen molar-refractivity contribution in [1.82, 2.24) is 4.98 Å². The Hall–Kier alpha value is 0.157. The van der Waals surface area contributed by atoms with Crippen molar-refractivity contribution in [2.45, 2.75) is 75.7 Å². The highest BCUT2D eigenvalue weighted by molar-refractivity contribution is 14.1. The number of thiazole rings is 1. The minimum Gasteiger partial charge on any atom is -0.430 e. The number of carbonyl (C=O) groups is 1. The van der Waals surface area contributed by atoms with Crippen molar-refractivity contribution >= 4 is 89.3 Å². The van der Waals surface area contributed by atoms with E-state index in [9.17, 15) is 4.79 Å². The lowest BCUT2D eigenvalue weighted by Gasteiger charge is -2.39. The first kappa shape index (κ1) is 30.2. The van der Waals surface area contributed by atoms with Crippen LogP contribution < -0.4 is 0 Å². The summed E-state index contributed by atoms with van der Waals surface area (Å²) >= 11 is 20.3. The van der Waals surface area contributed by atoms with Crippen LogP contribution in [0.25, 0.3) is 6.08 Å². The topological polar surface area (TPSA) is 57.7 Å². The van der Waals surface area contributed by atoms with E-state index < -0.39 is 18.3 Å². The third-order valence-electron chi connectivity index (χ3n) is 4.98. The second-order valence-electron chi connectivity index (χ2n) is 8.89. The zero-order valence-electron chi connectivity index (χ0n) is 19.4. The highest BCUT2D eigenvalue weighted by atomic mass is 127. The van der Waals surface area contributed by atoms with E-state index >= 15 is 0 Å². The van der Waals surface area contributed by atoms with Gasteiger partial charge >= 0.3 is 6.16 Å². The summed E-state index contributed by atoms with van der Waals surface area (Å²) in [6, 6.07) is 0. The van der Waals surface area contributed by atoms with Crippen molar-refractivity contribution in [3.63, 3.8) is 0 Å². The standard InChI is InChI=1S/C21H31Cl3INO4SSi/c1-14(17(9-8-15(2)25)30-32(6,7)20(3,4)5)10-16-12-31-18(26-16)11-28-19(27)29-13-21(22,23)24/h8,10,12,17H,9,11,13H2,1-7H3/b14-10+,15-8-/t17-/m0/s1. The molecule has 1 aromatic rings. The first-order chi connectivity index (χ1) is 14.5. The minimum absolute atomic E-state index is 0.0170. The van der Waals surface area contributed by atoms with Crippen molar-refractivity contribution in [2.24, 2.45) is 0 Å². The SMILES string of the molecule is C/C(I)=C/C[C@H](O[Si](C)(C)C(C)(C)C)/C(C)=C/c1csc(COC(=O)OCC(Cl)(Cl)Cl)n1. The normalized spacial score (nSPS) is 15.0. The van der Waals surface area contributed by atoms with Gasteiger partial charge in [-0.15, -0.1) is 11.3 Å². The number of allylic oxidation sites excluding steroid dienone is 1. The maximum atomic E-state index is 11.6. The summed E-state index contributed by atoms with van der Waals surface area (Å²) in [5, 5.41) is 2.67. The van der Waals surface area contributed by atoms with Gasteiger partial charge in [-0.1, -0.05) is 61.7 Å². The molecule has 0 aliphatic heterocycles. The number of hydrogen-bond donors (Lipinski definition) is 0. The van der Waals surface area contributed by atoms with Crippen LogP contribution in [0.1, 0.15) is 51.7 Å². The molecule has 0 unspecified atom stereocenters. The average molecular weight is 655 g/mol. The molecular formula is C21H31Cl3INO4SSi. The van der Waals surface area contributed by atoms with Crippen LogP contribution in [0, 0.1) is 0 Å². The molecule has 0 aromatic carbocycles. The number of nitrogens with zero attached hydrogens (tertiary/aromatic N) is 1. The van der Waals surface area contributed by atoms with Crippen LogP contribution in [0.4, 0.5) is 4.79 Å². The molecule has 0 spiro atoms. The third-order valence-corrected chi connectivity index (χ3v) is 11.1. The molecule has 0 aliphatic carbocycles. The molecule has 5 nitrogen and oxygen atoms in total. The van der Waals surface area contributed by atoms with Crippen LogP contribution in [0.3, 0.4) is 0 Å². The molecule has 0 radical (unpaired) electrons. The molecule has 1 rings (SSSR count). The van der Waals surface area contributed by atoms with Gasteiger partial charge in [-0.25, -0.2) is 9.78 Å². The Kier molecular flexibility index (Phi) is 12.0. The first-order valence-electron chi connectivity index (χ1n) is 9.99. The van der Waals surface area contributed by atoms with Gasteiger partial charge in [-0.05, 0) is 76.2 Å². The van der Waals surface area contributed by atoms with Crippen molar-refractivity contribution < 1.29 is 18.7 Å². The molecule has 0 saturated heterocycles. The summed E-state index contributed by atoms with van der Waals surface area (Å²) in [5.74, 6) is 0. The van der Waals surface area contributed by atoms with Crippen LogP contribution in [0.15, 0.2) is 20.6 Å². The molecule has 1 heterocycles. The number of ether oxygens (including phenoxy) is 2. The van der Waals surface area contributed by atoms with Gasteiger partial charge in [0.25, 0.3) is 0 Å². The predicted octanol–water partition coefficient (Wildman–Crippen LogP) is 8.69. The van der Waals surface area contributed by atoms with Crippen LogP contribution in [-0.4, -0.2) is 36.0 Å². The molecule has 0 aliphatic rings. The van der Waals surface area contributed by atoms with Crippen LogP contribution in [-0.2, 0) is 20.5 Å². The lowest BCUT2D eigenvalue weighted by atomic mass is 10.1. The number of rotatable bonds is 9. The highest BCUT2D eigenvalue weighted by Crippen LogP contribution is 2.38. The monoisotopic (exact) mass is 653 g/mol. The van der Waals surface area contributed by atoms with Crippen molar-refractivity contribution in [3.8, 4) is 0 Å². The molecule has 0 saturated carbocycles. The number of carbonyl (C=O) groups excluding carboxylic acids is 1. The summed E-state index contributed by atoms with van der Waals surface area (Å²) < 4.78 is 16.0. The fourth-order valence-electron chi connectivity index (χ4n) is 2.22. The van der Waals surface area contributed by atoms with Crippen LogP contribution in [0.5, 0.6) is 0 Å². The fraction of sp³-hybridized carbons (Fsp3) is 0.619. The molecule has 0 bridgehead atoms.